The maximum Gasteiger partial charge on any atom is 0.332 e. The van der Waals surface area contributed by atoms with Crippen molar-refractivity contribution in [3.63, 3.8) is 0 Å². The molecule has 2 aliphatic rings. The first kappa shape index (κ1) is 17.5. The summed E-state index contributed by atoms with van der Waals surface area (Å²) in [5, 5.41) is 0. The first-order valence-corrected chi connectivity index (χ1v) is 9.17. The molecule has 2 atom stereocenters. The van der Waals surface area contributed by atoms with Crippen molar-refractivity contribution in [1.29, 1.82) is 0 Å². The van der Waals surface area contributed by atoms with E-state index in [9.17, 15) is 18.8 Å². The van der Waals surface area contributed by atoms with Gasteiger partial charge in [-0.05, 0) is 17.7 Å². The van der Waals surface area contributed by atoms with Crippen molar-refractivity contribution in [3.8, 4) is 0 Å². The summed E-state index contributed by atoms with van der Waals surface area (Å²) in [5.74, 6) is -1.89. The quantitative estimate of drug-likeness (QED) is 0.641. The predicted octanol–water partition coefficient (Wildman–Crippen LogP) is 2.30. The Morgan fingerprint density at radius 2 is 1.62 bits per heavy atom. The van der Waals surface area contributed by atoms with Gasteiger partial charge in [0.15, 0.2) is 5.78 Å². The fourth-order valence-corrected chi connectivity index (χ4v) is 4.43. The Balaban J connectivity index is 1.92. The van der Waals surface area contributed by atoms with Gasteiger partial charge in [-0.2, -0.15) is 0 Å². The molecule has 2 aromatic carbocycles. The lowest BCUT2D eigenvalue weighted by atomic mass is 9.76. The Morgan fingerprint density at radius 3 is 2.34 bits per heavy atom. The average Bonchev–Trinajstić information content (AvgIpc) is 3.01. The number of nitrogens with zero attached hydrogens (tertiary/aromatic N) is 3. The highest BCUT2D eigenvalue weighted by molar-refractivity contribution is 6.30. The average molecular weight is 389 g/mol. The number of benzene rings is 2. The van der Waals surface area contributed by atoms with Crippen LogP contribution in [0.25, 0.3) is 0 Å². The van der Waals surface area contributed by atoms with Crippen LogP contribution in [0.4, 0.5) is 10.2 Å². The summed E-state index contributed by atoms with van der Waals surface area (Å²) < 4.78 is 16.4. The molecule has 0 radical (unpaired) electrons. The number of hydrogen-bond donors (Lipinski definition) is 0. The summed E-state index contributed by atoms with van der Waals surface area (Å²) in [6.45, 7) is 0. The molecule has 0 spiro atoms. The number of aliphatic imine (C=N–C) groups is 1. The molecule has 3 aromatic rings. The van der Waals surface area contributed by atoms with Crippen molar-refractivity contribution in [2.24, 2.45) is 25.0 Å². The van der Waals surface area contributed by atoms with Gasteiger partial charge >= 0.3 is 5.69 Å². The zero-order chi connectivity index (χ0) is 20.4. The Kier molecular flexibility index (Phi) is 3.58. The maximum atomic E-state index is 14.1. The number of hydrogen-bond acceptors (Lipinski definition) is 4. The Hall–Kier alpha value is -3.61. The predicted molar refractivity (Wildman–Crippen MR) is 106 cm³/mol. The van der Waals surface area contributed by atoms with Crippen LogP contribution in [0.15, 0.2) is 63.1 Å². The van der Waals surface area contributed by atoms with Crippen LogP contribution in [0.1, 0.15) is 33.0 Å². The SMILES string of the molecule is Cn1c2c(c(=O)n(C)c1=O)[C@@H](c1cccc(F)c1)[C@H]1C(=O)c3ccccc3C1=N2. The Labute approximate surface area is 164 Å². The molecule has 7 heteroatoms. The zero-order valence-corrected chi connectivity index (χ0v) is 15.7. The number of Topliss-reactive ketones (excluding diaryl/α,β-unsaturated/α-hetero) is 1. The van der Waals surface area contributed by atoms with Crippen LogP contribution < -0.4 is 11.2 Å². The molecule has 0 saturated carbocycles. The number of fused-ring (bicyclic) bond motifs is 4. The number of ketones is 1. The maximum absolute atomic E-state index is 14.1. The minimum absolute atomic E-state index is 0.157. The van der Waals surface area contributed by atoms with Gasteiger partial charge in [-0.25, -0.2) is 14.2 Å². The van der Waals surface area contributed by atoms with Gasteiger partial charge in [-0.1, -0.05) is 36.4 Å². The molecule has 1 aromatic heterocycles. The fourth-order valence-electron chi connectivity index (χ4n) is 4.43. The minimum atomic E-state index is -0.744. The second-order valence-corrected chi connectivity index (χ2v) is 7.36. The van der Waals surface area contributed by atoms with Crippen LogP contribution in [-0.4, -0.2) is 20.6 Å². The first-order chi connectivity index (χ1) is 13.9. The molecule has 2 heterocycles. The first-order valence-electron chi connectivity index (χ1n) is 9.17. The van der Waals surface area contributed by atoms with Crippen LogP contribution in [0.3, 0.4) is 0 Å². The lowest BCUT2D eigenvalue weighted by Gasteiger charge is -2.29. The van der Waals surface area contributed by atoms with Crippen LogP contribution >= 0.6 is 0 Å². The zero-order valence-electron chi connectivity index (χ0n) is 15.7. The fraction of sp³-hybridized carbons (Fsp3) is 0.182. The van der Waals surface area contributed by atoms with Gasteiger partial charge in [0.1, 0.15) is 11.6 Å². The number of carbonyl (C=O) groups excluding carboxylic acids is 1. The van der Waals surface area contributed by atoms with Gasteiger partial charge in [-0.3, -0.25) is 18.7 Å². The molecule has 0 bridgehead atoms. The number of rotatable bonds is 1. The van der Waals surface area contributed by atoms with Crippen LogP contribution in [0.2, 0.25) is 0 Å². The second kappa shape index (κ2) is 5.94. The summed E-state index contributed by atoms with van der Waals surface area (Å²) in [5.41, 5.74) is 1.41. The van der Waals surface area contributed by atoms with E-state index in [-0.39, 0.29) is 17.2 Å². The Morgan fingerprint density at radius 1 is 0.897 bits per heavy atom. The molecule has 5 rings (SSSR count). The van der Waals surface area contributed by atoms with E-state index in [4.69, 9.17) is 0 Å². The van der Waals surface area contributed by atoms with Gasteiger partial charge in [0, 0.05) is 31.1 Å². The molecular weight excluding hydrogens is 373 g/mol. The van der Waals surface area contributed by atoms with Gasteiger partial charge in [0.2, 0.25) is 0 Å². The summed E-state index contributed by atoms with van der Waals surface area (Å²) >= 11 is 0. The van der Waals surface area contributed by atoms with E-state index in [0.717, 1.165) is 4.57 Å². The van der Waals surface area contributed by atoms with E-state index in [1.165, 1.54) is 30.8 Å². The normalized spacial score (nSPS) is 19.4. The lowest BCUT2D eigenvalue weighted by Crippen LogP contribution is -2.43. The summed E-state index contributed by atoms with van der Waals surface area (Å²) in [6, 6.07) is 13.0. The third-order valence-corrected chi connectivity index (χ3v) is 5.79. The third kappa shape index (κ3) is 2.27. The standard InChI is InChI=1S/C22H16FN3O3/c1-25-20-17(21(28)26(2)22(25)29)15(11-6-5-7-12(23)10-11)16-18(24-20)13-8-3-4-9-14(13)19(16)27/h3-10,15-16H,1-2H3/t15-,16+/m0/s1. The molecule has 0 unspecified atom stereocenters. The molecule has 0 saturated heterocycles. The molecule has 144 valence electrons. The van der Waals surface area contributed by atoms with E-state index >= 15 is 0 Å². The molecule has 0 N–H and O–H groups in total. The van der Waals surface area contributed by atoms with E-state index in [2.05, 4.69) is 4.99 Å². The lowest BCUT2D eigenvalue weighted by molar-refractivity contribution is 0.0953. The molecular formula is C22H16FN3O3. The molecule has 6 nitrogen and oxygen atoms in total. The summed E-state index contributed by atoms with van der Waals surface area (Å²) in [4.78, 5) is 43.5. The van der Waals surface area contributed by atoms with Gasteiger partial charge in [-0.15, -0.1) is 0 Å². The van der Waals surface area contributed by atoms with Crippen molar-refractivity contribution in [1.82, 2.24) is 9.13 Å². The van der Waals surface area contributed by atoms with Crippen molar-refractivity contribution in [3.05, 3.63) is 97.4 Å². The highest BCUT2D eigenvalue weighted by atomic mass is 19.1. The second-order valence-electron chi connectivity index (χ2n) is 7.36. The molecule has 29 heavy (non-hydrogen) atoms. The highest BCUT2D eigenvalue weighted by Gasteiger charge is 2.47. The molecule has 0 fully saturated rings. The smallest absolute Gasteiger partial charge is 0.293 e. The van der Waals surface area contributed by atoms with E-state index < -0.39 is 28.9 Å². The van der Waals surface area contributed by atoms with Gasteiger partial charge in [0.25, 0.3) is 5.56 Å². The third-order valence-electron chi connectivity index (χ3n) is 5.79. The van der Waals surface area contributed by atoms with E-state index in [1.54, 1.807) is 30.3 Å². The van der Waals surface area contributed by atoms with E-state index in [1.807, 2.05) is 6.07 Å². The topological polar surface area (TPSA) is 73.4 Å². The number of carbonyl (C=O) groups is 1. The van der Waals surface area contributed by atoms with Crippen LogP contribution in [-0.2, 0) is 14.1 Å². The molecule has 1 aliphatic heterocycles. The van der Waals surface area contributed by atoms with Gasteiger partial charge in [0.05, 0.1) is 17.2 Å². The number of aromatic nitrogens is 2. The Bertz CT molecular complexity index is 1370. The van der Waals surface area contributed by atoms with Crippen molar-refractivity contribution in [2.45, 2.75) is 5.92 Å². The molecule has 0 amide bonds. The minimum Gasteiger partial charge on any atom is -0.293 e. The summed E-state index contributed by atoms with van der Waals surface area (Å²) in [7, 11) is 2.92. The van der Waals surface area contributed by atoms with E-state index in [0.29, 0.717) is 22.4 Å². The van der Waals surface area contributed by atoms with Crippen LogP contribution in [0.5, 0.6) is 0 Å². The van der Waals surface area contributed by atoms with Crippen molar-refractivity contribution >= 4 is 17.3 Å². The van der Waals surface area contributed by atoms with Gasteiger partial charge < -0.3 is 0 Å². The molecule has 1 aliphatic carbocycles. The monoisotopic (exact) mass is 389 g/mol. The van der Waals surface area contributed by atoms with Crippen molar-refractivity contribution < 1.29 is 9.18 Å². The van der Waals surface area contributed by atoms with Crippen molar-refractivity contribution in [2.75, 3.05) is 0 Å². The number of halogens is 1. The largest absolute Gasteiger partial charge is 0.332 e. The highest BCUT2D eigenvalue weighted by Crippen LogP contribution is 2.46. The van der Waals surface area contributed by atoms with Crippen LogP contribution in [0, 0.1) is 11.7 Å². The summed E-state index contributed by atoms with van der Waals surface area (Å²) in [6.07, 6.45) is 0.